The topological polar surface area (TPSA) is 69.7 Å². The van der Waals surface area contributed by atoms with Crippen LogP contribution in [0.4, 0.5) is 0 Å². The van der Waals surface area contributed by atoms with Gasteiger partial charge in [0.2, 0.25) is 0 Å². The molecule has 0 N–H and O–H groups in total. The summed E-state index contributed by atoms with van der Waals surface area (Å²) in [6, 6.07) is 4.57. The van der Waals surface area contributed by atoms with E-state index in [1.165, 1.54) is 6.07 Å². The number of benzene rings is 1. The molecule has 1 heterocycles. The summed E-state index contributed by atoms with van der Waals surface area (Å²) in [5.41, 5.74) is 0.762. The minimum Gasteiger partial charge on any atom is -0.348 e. The SMILES string of the molecule is CCC(=O)c1ccc(S(C)(=O)=O)c(C2OCC(C)(C)CO2)c1. The van der Waals surface area contributed by atoms with Crippen LogP contribution in [-0.2, 0) is 19.3 Å². The van der Waals surface area contributed by atoms with Crippen molar-refractivity contribution in [3.63, 3.8) is 0 Å². The Morgan fingerprint density at radius 1 is 1.27 bits per heavy atom. The van der Waals surface area contributed by atoms with Crippen LogP contribution in [0.25, 0.3) is 0 Å². The first-order chi connectivity index (χ1) is 10.1. The molecule has 0 aromatic heterocycles. The maximum absolute atomic E-state index is 12.0. The Morgan fingerprint density at radius 3 is 2.36 bits per heavy atom. The van der Waals surface area contributed by atoms with Crippen molar-refractivity contribution in [1.82, 2.24) is 0 Å². The molecule has 1 aliphatic heterocycles. The van der Waals surface area contributed by atoms with Gasteiger partial charge in [-0.2, -0.15) is 0 Å². The number of carbonyl (C=O) groups is 1. The van der Waals surface area contributed by atoms with Crippen LogP contribution in [0.3, 0.4) is 0 Å². The second-order valence-corrected chi connectivity index (χ2v) is 8.40. The minimum absolute atomic E-state index is 0.0440. The fourth-order valence-electron chi connectivity index (χ4n) is 2.32. The van der Waals surface area contributed by atoms with Gasteiger partial charge in [-0.15, -0.1) is 0 Å². The molecule has 0 bridgehead atoms. The van der Waals surface area contributed by atoms with Crippen LogP contribution in [0.5, 0.6) is 0 Å². The molecule has 122 valence electrons. The van der Waals surface area contributed by atoms with Crippen LogP contribution >= 0.6 is 0 Å². The van der Waals surface area contributed by atoms with E-state index in [0.29, 0.717) is 30.8 Å². The van der Waals surface area contributed by atoms with Crippen LogP contribution in [0.2, 0.25) is 0 Å². The summed E-state index contributed by atoms with van der Waals surface area (Å²) in [6.45, 7) is 6.72. The number of hydrogen-bond donors (Lipinski definition) is 0. The van der Waals surface area contributed by atoms with Crippen molar-refractivity contribution in [3.8, 4) is 0 Å². The zero-order valence-electron chi connectivity index (χ0n) is 13.4. The maximum atomic E-state index is 12.0. The van der Waals surface area contributed by atoms with Gasteiger partial charge in [-0.3, -0.25) is 4.79 Å². The lowest BCUT2D eigenvalue weighted by atomic mass is 9.95. The normalized spacial score (nSPS) is 19.1. The van der Waals surface area contributed by atoms with Gasteiger partial charge in [0.25, 0.3) is 0 Å². The van der Waals surface area contributed by atoms with E-state index in [0.717, 1.165) is 6.26 Å². The van der Waals surface area contributed by atoms with Crippen LogP contribution < -0.4 is 0 Å². The highest BCUT2D eigenvalue weighted by atomic mass is 32.2. The predicted molar refractivity (Wildman–Crippen MR) is 82.6 cm³/mol. The van der Waals surface area contributed by atoms with Gasteiger partial charge in [0.1, 0.15) is 0 Å². The maximum Gasteiger partial charge on any atom is 0.185 e. The zero-order valence-corrected chi connectivity index (χ0v) is 14.2. The quantitative estimate of drug-likeness (QED) is 0.796. The van der Waals surface area contributed by atoms with Gasteiger partial charge in [-0.25, -0.2) is 8.42 Å². The highest BCUT2D eigenvalue weighted by Gasteiger charge is 2.32. The monoisotopic (exact) mass is 326 g/mol. The molecule has 22 heavy (non-hydrogen) atoms. The first-order valence-corrected chi connectivity index (χ1v) is 9.13. The highest BCUT2D eigenvalue weighted by molar-refractivity contribution is 7.90. The summed E-state index contributed by atoms with van der Waals surface area (Å²) in [6.07, 6.45) is 0.735. The summed E-state index contributed by atoms with van der Waals surface area (Å²) < 4.78 is 35.3. The Morgan fingerprint density at radius 2 is 1.86 bits per heavy atom. The smallest absolute Gasteiger partial charge is 0.185 e. The summed E-state index contributed by atoms with van der Waals surface area (Å²) in [7, 11) is -3.43. The number of rotatable bonds is 4. The molecule has 0 atom stereocenters. The Bertz CT molecular complexity index is 666. The molecule has 1 fully saturated rings. The lowest BCUT2D eigenvalue weighted by Gasteiger charge is -2.35. The molecule has 1 aromatic carbocycles. The van der Waals surface area contributed by atoms with Crippen molar-refractivity contribution >= 4 is 15.6 Å². The molecule has 0 unspecified atom stereocenters. The Kier molecular flexibility index (Phi) is 4.75. The second-order valence-electron chi connectivity index (χ2n) is 6.42. The Labute approximate surface area is 131 Å². The summed E-state index contributed by atoms with van der Waals surface area (Å²) in [4.78, 5) is 12.0. The third-order valence-corrected chi connectivity index (χ3v) is 4.73. The average Bonchev–Trinajstić information content (AvgIpc) is 2.45. The largest absolute Gasteiger partial charge is 0.348 e. The van der Waals surface area contributed by atoms with E-state index >= 15 is 0 Å². The van der Waals surface area contributed by atoms with Gasteiger partial charge in [0.15, 0.2) is 21.9 Å². The number of carbonyl (C=O) groups excluding carboxylic acids is 1. The van der Waals surface area contributed by atoms with Gasteiger partial charge in [-0.05, 0) is 12.1 Å². The number of sulfone groups is 1. The molecule has 0 radical (unpaired) electrons. The van der Waals surface area contributed by atoms with Crippen LogP contribution in [0.1, 0.15) is 49.4 Å². The van der Waals surface area contributed by atoms with Gasteiger partial charge < -0.3 is 9.47 Å². The third kappa shape index (κ3) is 3.74. The Hall–Kier alpha value is -1.24. The molecule has 0 saturated carbocycles. The molecule has 1 aromatic rings. The molecule has 0 amide bonds. The molecule has 0 spiro atoms. The standard InChI is InChI=1S/C16H22O5S/c1-5-13(17)11-6-7-14(22(4,18)19)12(8-11)15-20-9-16(2,3)10-21-15/h6-8,15H,5,9-10H2,1-4H3. The lowest BCUT2D eigenvalue weighted by Crippen LogP contribution is -2.34. The number of hydrogen-bond acceptors (Lipinski definition) is 5. The molecular formula is C16H22O5S. The highest BCUT2D eigenvalue weighted by Crippen LogP contribution is 2.34. The number of Topliss-reactive ketones (excluding diaryl/α,β-unsaturated/α-hetero) is 1. The number of ketones is 1. The Balaban J connectivity index is 2.44. The summed E-state index contributed by atoms with van der Waals surface area (Å²) in [5, 5.41) is 0. The van der Waals surface area contributed by atoms with E-state index < -0.39 is 16.1 Å². The van der Waals surface area contributed by atoms with E-state index in [1.807, 2.05) is 13.8 Å². The van der Waals surface area contributed by atoms with Crippen LogP contribution in [0.15, 0.2) is 23.1 Å². The summed E-state index contributed by atoms with van der Waals surface area (Å²) >= 11 is 0. The van der Waals surface area contributed by atoms with Gasteiger partial charge >= 0.3 is 0 Å². The number of ether oxygens (including phenoxy) is 2. The van der Waals surface area contributed by atoms with Crippen molar-refractivity contribution in [2.24, 2.45) is 5.41 Å². The van der Waals surface area contributed by atoms with Gasteiger partial charge in [0.05, 0.1) is 18.1 Å². The van der Waals surface area contributed by atoms with Crippen molar-refractivity contribution in [2.75, 3.05) is 19.5 Å². The fraction of sp³-hybridized carbons (Fsp3) is 0.562. The first kappa shape index (κ1) is 17.1. The first-order valence-electron chi connectivity index (χ1n) is 7.24. The third-order valence-electron chi connectivity index (χ3n) is 3.56. The molecule has 2 rings (SSSR count). The van der Waals surface area contributed by atoms with E-state index in [9.17, 15) is 13.2 Å². The van der Waals surface area contributed by atoms with Crippen molar-refractivity contribution in [1.29, 1.82) is 0 Å². The average molecular weight is 326 g/mol. The summed E-state index contributed by atoms with van der Waals surface area (Å²) in [5.74, 6) is -0.0440. The zero-order chi connectivity index (χ0) is 16.5. The molecular weight excluding hydrogens is 304 g/mol. The fourth-order valence-corrected chi connectivity index (χ4v) is 3.22. The predicted octanol–water partition coefficient (Wildman–Crippen LogP) is 2.75. The second kappa shape index (κ2) is 6.10. The van der Waals surface area contributed by atoms with Crippen LogP contribution in [-0.4, -0.2) is 33.7 Å². The van der Waals surface area contributed by atoms with Gasteiger partial charge in [-0.1, -0.05) is 26.8 Å². The van der Waals surface area contributed by atoms with E-state index in [4.69, 9.17) is 9.47 Å². The van der Waals surface area contributed by atoms with E-state index in [1.54, 1.807) is 19.1 Å². The lowest BCUT2D eigenvalue weighted by molar-refractivity contribution is -0.227. The molecule has 1 aliphatic rings. The van der Waals surface area contributed by atoms with Crippen LogP contribution in [0, 0.1) is 5.41 Å². The van der Waals surface area contributed by atoms with Crippen molar-refractivity contribution in [3.05, 3.63) is 29.3 Å². The van der Waals surface area contributed by atoms with Crippen molar-refractivity contribution in [2.45, 2.75) is 38.4 Å². The molecule has 6 heteroatoms. The van der Waals surface area contributed by atoms with E-state index in [2.05, 4.69) is 0 Å². The molecule has 0 aliphatic carbocycles. The molecule has 1 saturated heterocycles. The van der Waals surface area contributed by atoms with Gasteiger partial charge in [0, 0.05) is 29.2 Å². The minimum atomic E-state index is -3.43. The molecule has 5 nitrogen and oxygen atoms in total. The van der Waals surface area contributed by atoms with Crippen molar-refractivity contribution < 1.29 is 22.7 Å². The van der Waals surface area contributed by atoms with E-state index in [-0.39, 0.29) is 16.1 Å².